The maximum Gasteiger partial charge on any atom is 0.291 e. The molecule has 1 unspecified atom stereocenters. The molecule has 6 nitrogen and oxygen atoms in total. The van der Waals surface area contributed by atoms with Crippen molar-refractivity contribution in [2.24, 2.45) is 0 Å². The second-order valence-corrected chi connectivity index (χ2v) is 5.37. The van der Waals surface area contributed by atoms with Gasteiger partial charge in [0.05, 0.1) is 9.40 Å². The van der Waals surface area contributed by atoms with Crippen molar-refractivity contribution in [1.29, 1.82) is 0 Å². The highest BCUT2D eigenvalue weighted by atomic mass is 79.9. The van der Waals surface area contributed by atoms with Crippen molar-refractivity contribution in [3.8, 4) is 0 Å². The average molecular weight is 315 g/mol. The first-order chi connectivity index (χ1) is 8.49. The van der Waals surface area contributed by atoms with Crippen LogP contribution in [0.5, 0.6) is 0 Å². The second-order valence-electron chi connectivity index (χ2n) is 4.58. The van der Waals surface area contributed by atoms with E-state index in [4.69, 9.17) is 0 Å². The van der Waals surface area contributed by atoms with Crippen LogP contribution < -0.4 is 5.32 Å². The maximum absolute atomic E-state index is 10.8. The number of hydrogen-bond acceptors (Lipinski definition) is 5. The van der Waals surface area contributed by atoms with Crippen LogP contribution >= 0.6 is 15.9 Å². The van der Waals surface area contributed by atoms with Crippen molar-refractivity contribution < 1.29 is 4.92 Å². The highest BCUT2D eigenvalue weighted by Crippen LogP contribution is 2.31. The van der Waals surface area contributed by atoms with E-state index in [1.807, 2.05) is 0 Å². The van der Waals surface area contributed by atoms with Crippen LogP contribution in [0.25, 0.3) is 0 Å². The SMILES string of the molecule is Cc1c([N+](=O)[O-])cnc(NC2CCN(C)C2)c1Br. The maximum atomic E-state index is 10.8. The molecule has 1 N–H and O–H groups in total. The van der Waals surface area contributed by atoms with Crippen LogP contribution in [0.1, 0.15) is 12.0 Å². The molecule has 1 atom stereocenters. The minimum absolute atomic E-state index is 0.0379. The molecule has 1 aromatic rings. The molecule has 7 heteroatoms. The number of nitrogens with zero attached hydrogens (tertiary/aromatic N) is 3. The Kier molecular flexibility index (Phi) is 3.82. The molecule has 2 heterocycles. The fourth-order valence-electron chi connectivity index (χ4n) is 2.10. The smallest absolute Gasteiger partial charge is 0.291 e. The highest BCUT2D eigenvalue weighted by Gasteiger charge is 2.22. The van der Waals surface area contributed by atoms with E-state index >= 15 is 0 Å². The van der Waals surface area contributed by atoms with Crippen LogP contribution in [-0.2, 0) is 0 Å². The Morgan fingerprint density at radius 2 is 2.39 bits per heavy atom. The normalized spacial score (nSPS) is 20.1. The molecule has 18 heavy (non-hydrogen) atoms. The minimum atomic E-state index is -0.416. The lowest BCUT2D eigenvalue weighted by atomic mass is 10.2. The van der Waals surface area contributed by atoms with Crippen LogP contribution in [0.3, 0.4) is 0 Å². The van der Waals surface area contributed by atoms with E-state index in [1.165, 1.54) is 6.20 Å². The molecular formula is C11H15BrN4O2. The Hall–Kier alpha value is -1.21. The molecule has 2 rings (SSSR count). The fraction of sp³-hybridized carbons (Fsp3) is 0.545. The molecule has 1 fully saturated rings. The Labute approximate surface area is 114 Å². The summed E-state index contributed by atoms with van der Waals surface area (Å²) in [6, 6.07) is 0.347. The van der Waals surface area contributed by atoms with Crippen LogP contribution in [0, 0.1) is 17.0 Å². The molecule has 98 valence electrons. The van der Waals surface area contributed by atoms with Gasteiger partial charge in [-0.15, -0.1) is 0 Å². The molecule has 1 aliphatic heterocycles. The minimum Gasteiger partial charge on any atom is -0.365 e. The summed E-state index contributed by atoms with van der Waals surface area (Å²) in [6.07, 6.45) is 2.36. The monoisotopic (exact) mass is 314 g/mol. The molecule has 1 aliphatic rings. The van der Waals surface area contributed by atoms with Gasteiger partial charge >= 0.3 is 0 Å². The van der Waals surface area contributed by atoms with Crippen LogP contribution in [0.15, 0.2) is 10.7 Å². The van der Waals surface area contributed by atoms with Crippen LogP contribution in [0.2, 0.25) is 0 Å². The fourth-order valence-corrected chi connectivity index (χ4v) is 2.52. The molecule has 1 saturated heterocycles. The predicted octanol–water partition coefficient (Wildman–Crippen LogP) is 2.18. The molecule has 1 aromatic heterocycles. The van der Waals surface area contributed by atoms with Gasteiger partial charge in [0.15, 0.2) is 0 Å². The molecule has 0 saturated carbocycles. The summed E-state index contributed by atoms with van der Waals surface area (Å²) in [7, 11) is 2.07. The summed E-state index contributed by atoms with van der Waals surface area (Å²) in [4.78, 5) is 16.7. The van der Waals surface area contributed by atoms with E-state index < -0.39 is 4.92 Å². The lowest BCUT2D eigenvalue weighted by Gasteiger charge is -2.15. The summed E-state index contributed by atoms with van der Waals surface area (Å²) in [5, 5.41) is 14.1. The van der Waals surface area contributed by atoms with E-state index in [0.717, 1.165) is 19.5 Å². The first kappa shape index (κ1) is 13.2. The van der Waals surface area contributed by atoms with E-state index in [9.17, 15) is 10.1 Å². The lowest BCUT2D eigenvalue weighted by Crippen LogP contribution is -2.24. The van der Waals surface area contributed by atoms with Crippen molar-refractivity contribution in [2.75, 3.05) is 25.5 Å². The largest absolute Gasteiger partial charge is 0.365 e. The third-order valence-corrected chi connectivity index (χ3v) is 4.14. The average Bonchev–Trinajstić information content (AvgIpc) is 2.70. The van der Waals surface area contributed by atoms with Crippen LogP contribution in [0.4, 0.5) is 11.5 Å². The quantitative estimate of drug-likeness (QED) is 0.684. The van der Waals surface area contributed by atoms with Crippen molar-refractivity contribution in [3.63, 3.8) is 0 Å². The Morgan fingerprint density at radius 3 is 2.94 bits per heavy atom. The summed E-state index contributed by atoms with van der Waals surface area (Å²) < 4.78 is 0.672. The molecule has 0 bridgehead atoms. The number of anilines is 1. The van der Waals surface area contributed by atoms with Gasteiger partial charge in [-0.2, -0.15) is 0 Å². The highest BCUT2D eigenvalue weighted by molar-refractivity contribution is 9.10. The number of hydrogen-bond donors (Lipinski definition) is 1. The van der Waals surface area contributed by atoms with Gasteiger partial charge in [-0.05, 0) is 42.9 Å². The molecular weight excluding hydrogens is 300 g/mol. The Morgan fingerprint density at radius 1 is 1.67 bits per heavy atom. The van der Waals surface area contributed by atoms with Gasteiger partial charge in [-0.25, -0.2) is 4.98 Å². The summed E-state index contributed by atoms with van der Waals surface area (Å²) in [5.41, 5.74) is 0.639. The zero-order chi connectivity index (χ0) is 13.3. The van der Waals surface area contributed by atoms with Gasteiger partial charge in [0.25, 0.3) is 5.69 Å². The van der Waals surface area contributed by atoms with Crippen molar-refractivity contribution >= 4 is 27.4 Å². The second kappa shape index (κ2) is 5.19. The zero-order valence-corrected chi connectivity index (χ0v) is 11.9. The summed E-state index contributed by atoms with van der Waals surface area (Å²) in [6.45, 7) is 3.74. The van der Waals surface area contributed by atoms with Gasteiger partial charge < -0.3 is 10.2 Å². The van der Waals surface area contributed by atoms with Gasteiger partial charge in [-0.1, -0.05) is 0 Å². The van der Waals surface area contributed by atoms with E-state index in [2.05, 4.69) is 38.2 Å². The first-order valence-electron chi connectivity index (χ1n) is 5.73. The van der Waals surface area contributed by atoms with Crippen LogP contribution in [-0.4, -0.2) is 41.0 Å². The van der Waals surface area contributed by atoms with E-state index in [0.29, 0.717) is 21.9 Å². The lowest BCUT2D eigenvalue weighted by molar-refractivity contribution is -0.385. The number of likely N-dealkylation sites (tertiary alicyclic amines) is 1. The number of nitrogens with one attached hydrogen (secondary N) is 1. The molecule has 0 spiro atoms. The number of rotatable bonds is 3. The zero-order valence-electron chi connectivity index (χ0n) is 10.3. The molecule has 0 aliphatic carbocycles. The Bertz CT molecular complexity index is 480. The number of nitro groups is 1. The molecule has 0 radical (unpaired) electrons. The number of likely N-dealkylation sites (N-methyl/N-ethyl adjacent to an activating group) is 1. The third-order valence-electron chi connectivity index (χ3n) is 3.17. The Balaban J connectivity index is 2.19. The standard InChI is InChI=1S/C11H15BrN4O2/c1-7-9(16(17)18)5-13-11(10(7)12)14-8-3-4-15(2)6-8/h5,8H,3-4,6H2,1-2H3,(H,13,14). The number of aromatic nitrogens is 1. The summed E-state index contributed by atoms with van der Waals surface area (Å²) in [5.74, 6) is 0.679. The van der Waals surface area contributed by atoms with Gasteiger partial charge in [-0.3, -0.25) is 10.1 Å². The molecule has 0 aromatic carbocycles. The van der Waals surface area contributed by atoms with E-state index in [1.54, 1.807) is 6.92 Å². The van der Waals surface area contributed by atoms with Gasteiger partial charge in [0, 0.05) is 18.2 Å². The van der Waals surface area contributed by atoms with Crippen molar-refractivity contribution in [2.45, 2.75) is 19.4 Å². The number of pyridine rings is 1. The molecule has 0 amide bonds. The number of halogens is 1. The third kappa shape index (κ3) is 2.62. The van der Waals surface area contributed by atoms with Gasteiger partial charge in [0.2, 0.25) is 0 Å². The van der Waals surface area contributed by atoms with Crippen molar-refractivity contribution in [1.82, 2.24) is 9.88 Å². The first-order valence-corrected chi connectivity index (χ1v) is 6.53. The van der Waals surface area contributed by atoms with Crippen molar-refractivity contribution in [3.05, 3.63) is 26.3 Å². The summed E-state index contributed by atoms with van der Waals surface area (Å²) >= 11 is 3.38. The van der Waals surface area contributed by atoms with Gasteiger partial charge in [0.1, 0.15) is 12.0 Å². The predicted molar refractivity (Wildman–Crippen MR) is 72.9 cm³/mol. The topological polar surface area (TPSA) is 71.3 Å². The van der Waals surface area contributed by atoms with E-state index in [-0.39, 0.29) is 5.69 Å².